The standard InChI is InChI=1S/C9H12F2O5S/c1-9(10,11)3-14-6-4-2-5-7(15-4)8(6)16-17(5,12)13/h4-8H,2-3H2,1H3. The summed E-state index contributed by atoms with van der Waals surface area (Å²) >= 11 is 0. The van der Waals surface area contributed by atoms with Gasteiger partial charge in [-0.25, -0.2) is 8.78 Å². The largest absolute Gasteiger partial charge is 0.368 e. The van der Waals surface area contributed by atoms with Gasteiger partial charge in [0.1, 0.15) is 30.2 Å². The molecule has 0 aromatic rings. The first-order valence-electron chi connectivity index (χ1n) is 5.35. The van der Waals surface area contributed by atoms with Crippen LogP contribution in [0.3, 0.4) is 0 Å². The first-order valence-corrected chi connectivity index (χ1v) is 6.82. The van der Waals surface area contributed by atoms with E-state index in [9.17, 15) is 17.2 Å². The summed E-state index contributed by atoms with van der Waals surface area (Å²) in [5.41, 5.74) is 0. The third kappa shape index (κ3) is 1.78. The van der Waals surface area contributed by atoms with Crippen LogP contribution in [-0.2, 0) is 23.8 Å². The molecule has 5 atom stereocenters. The second-order valence-corrected chi connectivity index (χ2v) is 6.60. The minimum Gasteiger partial charge on any atom is -0.368 e. The van der Waals surface area contributed by atoms with Gasteiger partial charge in [0.25, 0.3) is 16.0 Å². The molecule has 5 unspecified atom stereocenters. The van der Waals surface area contributed by atoms with E-state index in [0.717, 1.165) is 6.92 Å². The van der Waals surface area contributed by atoms with E-state index in [4.69, 9.17) is 13.7 Å². The summed E-state index contributed by atoms with van der Waals surface area (Å²) in [6.07, 6.45) is -2.20. The summed E-state index contributed by atoms with van der Waals surface area (Å²) < 4.78 is 63.8. The Balaban J connectivity index is 1.74. The number of ether oxygens (including phenoxy) is 2. The Bertz CT molecular complexity index is 431. The Labute approximate surface area is 97.1 Å². The topological polar surface area (TPSA) is 61.8 Å². The molecule has 0 spiro atoms. The maximum absolute atomic E-state index is 12.7. The molecular formula is C9H12F2O5S. The minimum atomic E-state index is -3.61. The van der Waals surface area contributed by atoms with Gasteiger partial charge in [0.05, 0.1) is 6.10 Å². The van der Waals surface area contributed by atoms with Crippen molar-refractivity contribution in [1.29, 1.82) is 0 Å². The number of halogens is 2. The van der Waals surface area contributed by atoms with Crippen LogP contribution in [0, 0.1) is 0 Å². The number of alkyl halides is 2. The summed E-state index contributed by atoms with van der Waals surface area (Å²) in [5, 5.41) is -0.653. The molecule has 3 saturated heterocycles. The lowest BCUT2D eigenvalue weighted by Crippen LogP contribution is -2.42. The smallest absolute Gasteiger partial charge is 0.273 e. The number of hydrogen-bond donors (Lipinski definition) is 0. The van der Waals surface area contributed by atoms with Crippen LogP contribution < -0.4 is 0 Å². The van der Waals surface area contributed by atoms with Crippen LogP contribution in [0.15, 0.2) is 0 Å². The lowest BCUT2D eigenvalue weighted by Gasteiger charge is -2.23. The minimum absolute atomic E-state index is 0.267. The van der Waals surface area contributed by atoms with E-state index in [2.05, 4.69) is 0 Å². The van der Waals surface area contributed by atoms with E-state index in [1.807, 2.05) is 0 Å². The zero-order chi connectivity index (χ0) is 12.4. The lowest BCUT2D eigenvalue weighted by molar-refractivity contribution is -0.112. The molecule has 3 rings (SSSR count). The molecular weight excluding hydrogens is 258 g/mol. The summed E-state index contributed by atoms with van der Waals surface area (Å²) in [5.74, 6) is -2.95. The Morgan fingerprint density at radius 1 is 1.41 bits per heavy atom. The highest BCUT2D eigenvalue weighted by Gasteiger charge is 2.66. The Kier molecular flexibility index (Phi) is 2.33. The van der Waals surface area contributed by atoms with Crippen LogP contribution in [0.5, 0.6) is 0 Å². The summed E-state index contributed by atoms with van der Waals surface area (Å²) in [7, 11) is -3.61. The number of fused-ring (bicyclic) bond motifs is 1. The zero-order valence-electron chi connectivity index (χ0n) is 9.01. The van der Waals surface area contributed by atoms with Crippen LogP contribution >= 0.6 is 0 Å². The molecule has 0 saturated carbocycles. The molecule has 2 bridgehead atoms. The summed E-state index contributed by atoms with van der Waals surface area (Å²) in [6.45, 7) is -0.00899. The van der Waals surface area contributed by atoms with E-state index in [0.29, 0.717) is 0 Å². The van der Waals surface area contributed by atoms with Crippen molar-refractivity contribution >= 4 is 10.1 Å². The van der Waals surface area contributed by atoms with Gasteiger partial charge in [0.2, 0.25) is 0 Å². The first-order chi connectivity index (χ1) is 7.78. The van der Waals surface area contributed by atoms with Gasteiger partial charge < -0.3 is 9.47 Å². The number of hydrogen-bond acceptors (Lipinski definition) is 5. The van der Waals surface area contributed by atoms with Crippen LogP contribution in [0.25, 0.3) is 0 Å². The second-order valence-electron chi connectivity index (χ2n) is 4.81. The van der Waals surface area contributed by atoms with Crippen molar-refractivity contribution in [3.8, 4) is 0 Å². The number of rotatable bonds is 3. The van der Waals surface area contributed by atoms with E-state index >= 15 is 0 Å². The maximum Gasteiger partial charge on any atom is 0.273 e. The van der Waals surface area contributed by atoms with Gasteiger partial charge in [-0.3, -0.25) is 4.18 Å². The van der Waals surface area contributed by atoms with E-state index < -0.39 is 52.3 Å². The highest BCUT2D eigenvalue weighted by Crippen LogP contribution is 2.47. The molecule has 3 fully saturated rings. The third-order valence-electron chi connectivity index (χ3n) is 3.32. The predicted molar refractivity (Wildman–Crippen MR) is 51.2 cm³/mol. The van der Waals surface area contributed by atoms with Gasteiger partial charge in [-0.2, -0.15) is 8.42 Å². The molecule has 8 heteroatoms. The fourth-order valence-corrected chi connectivity index (χ4v) is 4.31. The highest BCUT2D eigenvalue weighted by atomic mass is 32.2. The average Bonchev–Trinajstić information content (AvgIpc) is 2.73. The molecule has 0 aromatic carbocycles. The van der Waals surface area contributed by atoms with Crippen molar-refractivity contribution in [3.63, 3.8) is 0 Å². The summed E-state index contributed by atoms with van der Waals surface area (Å²) in [4.78, 5) is 0. The molecule has 0 N–H and O–H groups in total. The van der Waals surface area contributed by atoms with E-state index in [1.54, 1.807) is 0 Å². The monoisotopic (exact) mass is 270 g/mol. The van der Waals surface area contributed by atoms with E-state index in [1.165, 1.54) is 0 Å². The molecule has 0 aliphatic carbocycles. The van der Waals surface area contributed by atoms with Gasteiger partial charge in [-0.05, 0) is 6.42 Å². The zero-order valence-corrected chi connectivity index (χ0v) is 9.82. The molecule has 0 aromatic heterocycles. The van der Waals surface area contributed by atoms with Crippen molar-refractivity contribution in [3.05, 3.63) is 0 Å². The average molecular weight is 270 g/mol. The van der Waals surface area contributed by atoms with Crippen LogP contribution in [0.1, 0.15) is 13.3 Å². The SMILES string of the molecule is CC(F)(F)COC1C2CC3C(O2)C1OS3(=O)=O. The Hall–Kier alpha value is -0.310. The van der Waals surface area contributed by atoms with Gasteiger partial charge in [-0.15, -0.1) is 0 Å². The van der Waals surface area contributed by atoms with Crippen molar-refractivity contribution in [1.82, 2.24) is 0 Å². The molecule has 3 aliphatic heterocycles. The molecule has 3 aliphatic rings. The lowest BCUT2D eigenvalue weighted by atomic mass is 9.94. The van der Waals surface area contributed by atoms with Crippen molar-refractivity contribution in [2.75, 3.05) is 6.61 Å². The fourth-order valence-electron chi connectivity index (χ4n) is 2.67. The molecule has 5 nitrogen and oxygen atoms in total. The van der Waals surface area contributed by atoms with Gasteiger partial charge >= 0.3 is 0 Å². The van der Waals surface area contributed by atoms with Gasteiger partial charge in [-0.1, -0.05) is 0 Å². The van der Waals surface area contributed by atoms with Crippen LogP contribution in [0.2, 0.25) is 0 Å². The van der Waals surface area contributed by atoms with Crippen LogP contribution in [-0.4, -0.2) is 50.6 Å². The Morgan fingerprint density at radius 2 is 2.12 bits per heavy atom. The molecule has 17 heavy (non-hydrogen) atoms. The molecule has 0 radical (unpaired) electrons. The normalized spacial score (nSPS) is 46.6. The highest BCUT2D eigenvalue weighted by molar-refractivity contribution is 7.87. The predicted octanol–water partition coefficient (Wildman–Crippen LogP) is 0.295. The quantitative estimate of drug-likeness (QED) is 0.690. The van der Waals surface area contributed by atoms with Crippen molar-refractivity contribution in [2.24, 2.45) is 0 Å². The fraction of sp³-hybridized carbons (Fsp3) is 1.00. The third-order valence-corrected chi connectivity index (χ3v) is 5.02. The Morgan fingerprint density at radius 3 is 2.76 bits per heavy atom. The van der Waals surface area contributed by atoms with Gasteiger partial charge in [0, 0.05) is 6.92 Å². The summed E-state index contributed by atoms with van der Waals surface area (Å²) in [6, 6.07) is 0. The first kappa shape index (κ1) is 11.8. The molecule has 98 valence electrons. The van der Waals surface area contributed by atoms with Gasteiger partial charge in [0.15, 0.2) is 0 Å². The second kappa shape index (κ2) is 3.37. The maximum atomic E-state index is 12.7. The van der Waals surface area contributed by atoms with E-state index in [-0.39, 0.29) is 6.42 Å². The molecule has 3 heterocycles. The molecule has 0 amide bonds. The van der Waals surface area contributed by atoms with Crippen molar-refractivity contribution < 1.29 is 30.9 Å². The van der Waals surface area contributed by atoms with Crippen molar-refractivity contribution in [2.45, 2.75) is 48.9 Å². The van der Waals surface area contributed by atoms with Crippen LogP contribution in [0.4, 0.5) is 8.78 Å².